The largest absolute Gasteiger partial charge is 0.367 e. The summed E-state index contributed by atoms with van der Waals surface area (Å²) < 4.78 is 36.2. The van der Waals surface area contributed by atoms with Crippen molar-refractivity contribution in [3.05, 3.63) is 59.2 Å². The Morgan fingerprint density at radius 1 is 1.03 bits per heavy atom. The van der Waals surface area contributed by atoms with Crippen LogP contribution in [0.25, 0.3) is 22.4 Å². The molecule has 4 aromatic rings. The molecule has 33 heavy (non-hydrogen) atoms. The van der Waals surface area contributed by atoms with Crippen molar-refractivity contribution in [2.75, 3.05) is 18.0 Å². The number of hydrogen-bond acceptors (Lipinski definition) is 7. The summed E-state index contributed by atoms with van der Waals surface area (Å²) >= 11 is 0. The van der Waals surface area contributed by atoms with E-state index < -0.39 is 11.6 Å². The summed E-state index contributed by atoms with van der Waals surface area (Å²) in [5.74, 6) is -0.985. The first-order valence-corrected chi connectivity index (χ1v) is 10.7. The van der Waals surface area contributed by atoms with E-state index in [1.54, 1.807) is 10.9 Å². The van der Waals surface area contributed by atoms with Gasteiger partial charge in [0.25, 0.3) is 0 Å². The minimum absolute atomic E-state index is 0.0971. The van der Waals surface area contributed by atoms with Crippen LogP contribution in [0, 0.1) is 25.5 Å². The van der Waals surface area contributed by atoms with Gasteiger partial charge in [-0.1, -0.05) is 0 Å². The van der Waals surface area contributed by atoms with E-state index in [1.807, 2.05) is 38.9 Å². The molecule has 2 atom stereocenters. The van der Waals surface area contributed by atoms with Crippen LogP contribution in [0.2, 0.25) is 0 Å². The highest BCUT2D eigenvalue weighted by atomic mass is 19.1. The van der Waals surface area contributed by atoms with E-state index in [0.29, 0.717) is 35.9 Å². The van der Waals surface area contributed by atoms with Crippen LogP contribution in [0.15, 0.2) is 30.6 Å². The first-order valence-electron chi connectivity index (χ1n) is 10.7. The number of aromatic nitrogens is 6. The summed E-state index contributed by atoms with van der Waals surface area (Å²) in [5, 5.41) is 4.24. The Kier molecular flexibility index (Phi) is 5.24. The lowest BCUT2D eigenvalue weighted by atomic mass is 10.1. The van der Waals surface area contributed by atoms with Gasteiger partial charge >= 0.3 is 0 Å². The number of aryl methyl sites for hydroxylation is 3. The molecule has 0 bridgehead atoms. The lowest BCUT2D eigenvalue weighted by Crippen LogP contribution is -2.43. The minimum Gasteiger partial charge on any atom is -0.367 e. The SMILES string of the molecule is Cc1nc2nc(N3C[C@@H](C)O[C@@H](c4cnn(C)c4)C3)nc(-c3ccc(F)cc3F)c2nc1C. The zero-order chi connectivity index (χ0) is 23.3. The molecule has 0 saturated carbocycles. The van der Waals surface area contributed by atoms with Crippen LogP contribution in [-0.2, 0) is 11.8 Å². The number of halogens is 2. The summed E-state index contributed by atoms with van der Waals surface area (Å²) in [4.78, 5) is 20.5. The molecule has 1 fully saturated rings. The number of ether oxygens (including phenoxy) is 1. The van der Waals surface area contributed by atoms with Gasteiger partial charge in [0.15, 0.2) is 5.65 Å². The maximum absolute atomic E-state index is 14.8. The molecule has 4 heterocycles. The van der Waals surface area contributed by atoms with E-state index in [0.717, 1.165) is 17.3 Å². The van der Waals surface area contributed by atoms with Crippen LogP contribution >= 0.6 is 0 Å². The second kappa shape index (κ2) is 8.11. The highest BCUT2D eigenvalue weighted by Gasteiger charge is 2.30. The van der Waals surface area contributed by atoms with Crippen molar-refractivity contribution in [1.82, 2.24) is 29.7 Å². The molecule has 0 aliphatic carbocycles. The van der Waals surface area contributed by atoms with E-state index in [9.17, 15) is 8.78 Å². The molecule has 1 aliphatic heterocycles. The summed E-state index contributed by atoms with van der Waals surface area (Å²) in [6, 6.07) is 3.41. The molecule has 0 amide bonds. The van der Waals surface area contributed by atoms with Gasteiger partial charge in [-0.05, 0) is 32.9 Å². The fourth-order valence-corrected chi connectivity index (χ4v) is 4.02. The Morgan fingerprint density at radius 3 is 2.55 bits per heavy atom. The average Bonchev–Trinajstić information content (AvgIpc) is 3.20. The molecule has 10 heteroatoms. The van der Waals surface area contributed by atoms with Gasteiger partial charge in [0.2, 0.25) is 5.95 Å². The summed E-state index contributed by atoms with van der Waals surface area (Å²) in [7, 11) is 1.85. The number of nitrogens with zero attached hydrogens (tertiary/aromatic N) is 7. The maximum atomic E-state index is 14.8. The van der Waals surface area contributed by atoms with Crippen molar-refractivity contribution >= 4 is 17.1 Å². The molecule has 170 valence electrons. The number of hydrogen-bond donors (Lipinski definition) is 0. The van der Waals surface area contributed by atoms with Crippen molar-refractivity contribution in [3.8, 4) is 11.3 Å². The van der Waals surface area contributed by atoms with E-state index in [2.05, 4.69) is 20.1 Å². The smallest absolute Gasteiger partial charge is 0.228 e. The van der Waals surface area contributed by atoms with Crippen LogP contribution in [0.5, 0.6) is 0 Å². The van der Waals surface area contributed by atoms with Gasteiger partial charge in [0, 0.05) is 37.0 Å². The zero-order valence-corrected chi connectivity index (χ0v) is 18.8. The fraction of sp³-hybridized carbons (Fsp3) is 0.348. The van der Waals surface area contributed by atoms with Crippen LogP contribution in [0.1, 0.15) is 30.0 Å². The lowest BCUT2D eigenvalue weighted by Gasteiger charge is -2.36. The van der Waals surface area contributed by atoms with Crippen molar-refractivity contribution in [2.24, 2.45) is 7.05 Å². The topological polar surface area (TPSA) is 81.9 Å². The maximum Gasteiger partial charge on any atom is 0.228 e. The standard InChI is InChI=1S/C23H23F2N7O/c1-12-9-32(11-19(33-12)15-8-26-31(4)10-15)23-29-20(17-6-5-16(24)7-18(17)25)21-22(30-23)28-14(3)13(2)27-21/h5-8,10,12,19H,9,11H2,1-4H3/t12-,19-/m1/s1. The van der Waals surface area contributed by atoms with Gasteiger partial charge in [-0.3, -0.25) is 4.68 Å². The molecule has 0 spiro atoms. The molecule has 5 rings (SSSR count). The quantitative estimate of drug-likeness (QED) is 0.470. The third kappa shape index (κ3) is 4.02. The van der Waals surface area contributed by atoms with Gasteiger partial charge in [0.1, 0.15) is 28.9 Å². The van der Waals surface area contributed by atoms with Gasteiger partial charge in [-0.2, -0.15) is 10.1 Å². The Labute approximate surface area is 189 Å². The van der Waals surface area contributed by atoms with E-state index in [-0.39, 0.29) is 23.5 Å². The minimum atomic E-state index is -0.718. The summed E-state index contributed by atoms with van der Waals surface area (Å²) in [6.45, 7) is 6.68. The van der Waals surface area contributed by atoms with Gasteiger partial charge in [-0.15, -0.1) is 0 Å². The predicted octanol–water partition coefficient (Wildman–Crippen LogP) is 3.68. The van der Waals surface area contributed by atoms with Crippen molar-refractivity contribution in [3.63, 3.8) is 0 Å². The van der Waals surface area contributed by atoms with Crippen LogP contribution < -0.4 is 4.90 Å². The van der Waals surface area contributed by atoms with Gasteiger partial charge in [-0.25, -0.2) is 23.7 Å². The first kappa shape index (κ1) is 21.3. The lowest BCUT2D eigenvalue weighted by molar-refractivity contribution is -0.0178. The second-order valence-electron chi connectivity index (χ2n) is 8.35. The van der Waals surface area contributed by atoms with E-state index in [4.69, 9.17) is 9.72 Å². The number of fused-ring (bicyclic) bond motifs is 1. The molecular formula is C23H23F2N7O. The number of rotatable bonds is 3. The predicted molar refractivity (Wildman–Crippen MR) is 119 cm³/mol. The van der Waals surface area contributed by atoms with Crippen LogP contribution in [0.4, 0.5) is 14.7 Å². The van der Waals surface area contributed by atoms with Gasteiger partial charge in [0.05, 0.1) is 30.2 Å². The molecule has 1 aromatic carbocycles. The molecule has 0 unspecified atom stereocenters. The molecule has 8 nitrogen and oxygen atoms in total. The van der Waals surface area contributed by atoms with Crippen LogP contribution in [0.3, 0.4) is 0 Å². The number of benzene rings is 1. The highest BCUT2D eigenvalue weighted by molar-refractivity contribution is 5.88. The van der Waals surface area contributed by atoms with E-state index >= 15 is 0 Å². The third-order valence-corrected chi connectivity index (χ3v) is 5.76. The van der Waals surface area contributed by atoms with E-state index in [1.165, 1.54) is 12.1 Å². The van der Waals surface area contributed by atoms with Crippen molar-refractivity contribution in [2.45, 2.75) is 33.0 Å². The fourth-order valence-electron chi connectivity index (χ4n) is 4.02. The van der Waals surface area contributed by atoms with Crippen molar-refractivity contribution in [1.29, 1.82) is 0 Å². The molecule has 0 N–H and O–H groups in total. The zero-order valence-electron chi connectivity index (χ0n) is 18.8. The molecule has 0 radical (unpaired) electrons. The first-order chi connectivity index (χ1) is 15.8. The highest BCUT2D eigenvalue weighted by Crippen LogP contribution is 2.32. The summed E-state index contributed by atoms with van der Waals surface area (Å²) in [5.41, 5.74) is 3.52. The molecule has 3 aromatic heterocycles. The monoisotopic (exact) mass is 451 g/mol. The Hall–Kier alpha value is -3.53. The Morgan fingerprint density at radius 2 is 1.82 bits per heavy atom. The second-order valence-corrected chi connectivity index (χ2v) is 8.35. The Balaban J connectivity index is 1.64. The van der Waals surface area contributed by atoms with Crippen LogP contribution in [-0.4, -0.2) is 48.9 Å². The van der Waals surface area contributed by atoms with Gasteiger partial charge < -0.3 is 9.64 Å². The Bertz CT molecular complexity index is 1360. The normalized spacial score (nSPS) is 18.8. The molecular weight excluding hydrogens is 428 g/mol. The third-order valence-electron chi connectivity index (χ3n) is 5.76. The summed E-state index contributed by atoms with van der Waals surface area (Å²) in [6.07, 6.45) is 3.37. The van der Waals surface area contributed by atoms with Crippen molar-refractivity contribution < 1.29 is 13.5 Å². The number of anilines is 1. The molecule has 1 aliphatic rings. The average molecular weight is 451 g/mol. The molecule has 1 saturated heterocycles. The number of morpholine rings is 1.